The molecule has 8 heteroatoms. The summed E-state index contributed by atoms with van der Waals surface area (Å²) in [4.78, 5) is 25.2. The summed E-state index contributed by atoms with van der Waals surface area (Å²) >= 11 is 0. The van der Waals surface area contributed by atoms with Crippen LogP contribution in [0, 0.1) is 0 Å². The molecule has 1 heterocycles. The van der Waals surface area contributed by atoms with Crippen LogP contribution in [0.25, 0.3) is 0 Å². The lowest BCUT2D eigenvalue weighted by Gasteiger charge is -2.14. The van der Waals surface area contributed by atoms with Crippen molar-refractivity contribution in [2.75, 3.05) is 0 Å². The summed E-state index contributed by atoms with van der Waals surface area (Å²) in [5, 5.41) is 8.86. The van der Waals surface area contributed by atoms with Gasteiger partial charge in [-0.3, -0.25) is 9.71 Å². The number of benzene rings is 1. The van der Waals surface area contributed by atoms with E-state index in [4.69, 9.17) is 5.11 Å². The molecule has 0 saturated heterocycles. The maximum Gasteiger partial charge on any atom is 0.333 e. The van der Waals surface area contributed by atoms with Crippen molar-refractivity contribution in [1.29, 1.82) is 0 Å². The van der Waals surface area contributed by atoms with Crippen molar-refractivity contribution in [2.45, 2.75) is 10.9 Å². The van der Waals surface area contributed by atoms with E-state index < -0.39 is 22.0 Å². The second kappa shape index (κ2) is 5.74. The van der Waals surface area contributed by atoms with Crippen LogP contribution < -0.4 is 4.72 Å². The van der Waals surface area contributed by atoms with Crippen LogP contribution in [0.5, 0.6) is 0 Å². The number of carbonyl (C=O) groups excluding carboxylic acids is 1. The maximum absolute atomic E-state index is 12.1. The van der Waals surface area contributed by atoms with Crippen LogP contribution in [-0.4, -0.2) is 37.7 Å². The monoisotopic (exact) mass is 306 g/mol. The van der Waals surface area contributed by atoms with E-state index in [2.05, 4.69) is 9.71 Å². The van der Waals surface area contributed by atoms with Crippen LogP contribution in [0.3, 0.4) is 0 Å². The van der Waals surface area contributed by atoms with Gasteiger partial charge in [0.1, 0.15) is 5.94 Å². The largest absolute Gasteiger partial charge is 0.479 e. The summed E-state index contributed by atoms with van der Waals surface area (Å²) < 4.78 is 26.4. The van der Waals surface area contributed by atoms with E-state index in [1.807, 2.05) is 0 Å². The fourth-order valence-corrected chi connectivity index (χ4v) is 2.73. The molecule has 0 fully saturated rings. The SMILES string of the molecule is O=C=C1C=C(NS(=O)(=O)c2ccccc2)C=NC1C(=O)O. The number of carboxylic acid groups (broad SMARTS) is 1. The Balaban J connectivity index is 2.28. The number of hydrogen-bond acceptors (Lipinski definition) is 5. The van der Waals surface area contributed by atoms with E-state index in [1.165, 1.54) is 18.1 Å². The molecule has 2 N–H and O–H groups in total. The topological polar surface area (TPSA) is 113 Å². The first-order chi connectivity index (χ1) is 9.94. The maximum atomic E-state index is 12.1. The molecule has 0 bridgehead atoms. The van der Waals surface area contributed by atoms with Gasteiger partial charge in [-0.2, -0.15) is 0 Å². The van der Waals surface area contributed by atoms with E-state index >= 15 is 0 Å². The summed E-state index contributed by atoms with van der Waals surface area (Å²) in [5.74, 6) is 0.138. The van der Waals surface area contributed by atoms with Crippen molar-refractivity contribution in [1.82, 2.24) is 4.72 Å². The first-order valence-corrected chi connectivity index (χ1v) is 7.23. The number of carbonyl (C=O) groups is 1. The molecule has 0 aromatic heterocycles. The quantitative estimate of drug-likeness (QED) is 0.768. The smallest absolute Gasteiger partial charge is 0.333 e. The third-order valence-corrected chi connectivity index (χ3v) is 4.02. The van der Waals surface area contributed by atoms with Crippen LogP contribution in [0.15, 0.2) is 57.6 Å². The summed E-state index contributed by atoms with van der Waals surface area (Å²) in [7, 11) is -3.83. The highest BCUT2D eigenvalue weighted by molar-refractivity contribution is 7.89. The van der Waals surface area contributed by atoms with Crippen molar-refractivity contribution in [3.05, 3.63) is 47.7 Å². The zero-order valence-corrected chi connectivity index (χ0v) is 11.4. The molecular formula is C13H10N2O5S. The number of allylic oxidation sites excluding steroid dienone is 1. The summed E-state index contributed by atoms with van der Waals surface area (Å²) in [6.07, 6.45) is 2.15. The van der Waals surface area contributed by atoms with Crippen molar-refractivity contribution < 1.29 is 23.1 Å². The van der Waals surface area contributed by atoms with E-state index in [9.17, 15) is 18.0 Å². The van der Waals surface area contributed by atoms with E-state index in [1.54, 1.807) is 18.2 Å². The summed E-state index contributed by atoms with van der Waals surface area (Å²) in [5.41, 5.74) is -0.259. The highest BCUT2D eigenvalue weighted by atomic mass is 32.2. The number of aliphatic imine (C=N–C) groups is 1. The molecule has 0 aliphatic carbocycles. The molecule has 2 rings (SSSR count). The van der Waals surface area contributed by atoms with Crippen LogP contribution in [0.2, 0.25) is 0 Å². The number of dihydropyridines is 1. The van der Waals surface area contributed by atoms with Crippen LogP contribution >= 0.6 is 0 Å². The van der Waals surface area contributed by atoms with Crippen LogP contribution in [0.1, 0.15) is 0 Å². The van der Waals surface area contributed by atoms with Gasteiger partial charge < -0.3 is 5.11 Å². The molecule has 21 heavy (non-hydrogen) atoms. The Hall–Kier alpha value is -2.70. The molecule has 7 nitrogen and oxygen atoms in total. The summed E-state index contributed by atoms with van der Waals surface area (Å²) in [6.45, 7) is 0. The number of rotatable bonds is 4. The Morgan fingerprint density at radius 3 is 2.52 bits per heavy atom. The third kappa shape index (κ3) is 3.25. The number of carboxylic acids is 1. The Kier molecular flexibility index (Phi) is 4.02. The molecule has 1 aromatic rings. The van der Waals surface area contributed by atoms with Crippen LogP contribution in [0.4, 0.5) is 0 Å². The molecule has 1 atom stereocenters. The lowest BCUT2D eigenvalue weighted by atomic mass is 10.1. The van der Waals surface area contributed by atoms with Crippen molar-refractivity contribution >= 4 is 28.1 Å². The second-order valence-electron chi connectivity index (χ2n) is 4.09. The van der Waals surface area contributed by atoms with Crippen LogP contribution in [-0.2, 0) is 19.6 Å². The first-order valence-electron chi connectivity index (χ1n) is 5.74. The lowest BCUT2D eigenvalue weighted by molar-refractivity contribution is -0.137. The van der Waals surface area contributed by atoms with Crippen molar-refractivity contribution in [2.24, 2.45) is 4.99 Å². The fourth-order valence-electron chi connectivity index (χ4n) is 1.67. The molecule has 1 aliphatic rings. The normalized spacial score (nSPS) is 17.8. The number of aliphatic carboxylic acids is 1. The molecule has 1 unspecified atom stereocenters. The fraction of sp³-hybridized carbons (Fsp3) is 0.0769. The molecular weight excluding hydrogens is 296 g/mol. The van der Waals surface area contributed by atoms with Gasteiger partial charge in [0.15, 0.2) is 6.04 Å². The third-order valence-electron chi connectivity index (χ3n) is 2.63. The Morgan fingerprint density at radius 1 is 1.29 bits per heavy atom. The average molecular weight is 306 g/mol. The van der Waals surface area contributed by atoms with Gasteiger partial charge in [0.05, 0.1) is 16.2 Å². The predicted molar refractivity (Wildman–Crippen MR) is 74.0 cm³/mol. The molecule has 0 saturated carbocycles. The highest BCUT2D eigenvalue weighted by Gasteiger charge is 2.25. The summed E-state index contributed by atoms with van der Waals surface area (Å²) in [6, 6.07) is 6.24. The zero-order valence-electron chi connectivity index (χ0n) is 10.6. The van der Waals surface area contributed by atoms with Crippen molar-refractivity contribution in [3.8, 4) is 0 Å². The second-order valence-corrected chi connectivity index (χ2v) is 5.78. The van der Waals surface area contributed by atoms with Crippen molar-refractivity contribution in [3.63, 3.8) is 0 Å². The van der Waals surface area contributed by atoms with Gasteiger partial charge >= 0.3 is 5.97 Å². The lowest BCUT2D eigenvalue weighted by Crippen LogP contribution is -2.29. The van der Waals surface area contributed by atoms with Gasteiger partial charge in [-0.15, -0.1) is 0 Å². The minimum atomic E-state index is -3.83. The minimum Gasteiger partial charge on any atom is -0.479 e. The van der Waals surface area contributed by atoms with Gasteiger partial charge in [-0.25, -0.2) is 18.0 Å². The molecule has 1 aliphatic heterocycles. The Morgan fingerprint density at radius 2 is 1.95 bits per heavy atom. The molecule has 0 spiro atoms. The van der Waals surface area contributed by atoms with Gasteiger partial charge in [0.2, 0.25) is 0 Å². The van der Waals surface area contributed by atoms with E-state index in [0.29, 0.717) is 0 Å². The molecule has 0 radical (unpaired) electrons. The number of nitrogens with zero attached hydrogens (tertiary/aromatic N) is 1. The predicted octanol–water partition coefficient (Wildman–Crippen LogP) is 0.144. The molecule has 0 amide bonds. The number of nitrogens with one attached hydrogen (secondary N) is 1. The average Bonchev–Trinajstić information content (AvgIpc) is 2.47. The molecule has 108 valence electrons. The van der Waals surface area contributed by atoms with Gasteiger partial charge in [0, 0.05) is 6.21 Å². The van der Waals surface area contributed by atoms with Gasteiger partial charge in [-0.05, 0) is 18.2 Å². The minimum absolute atomic E-state index is 0.00490. The Bertz CT molecular complexity index is 774. The van der Waals surface area contributed by atoms with E-state index in [-0.39, 0.29) is 16.2 Å². The highest BCUT2D eigenvalue weighted by Crippen LogP contribution is 2.15. The zero-order chi connectivity index (χ0) is 15.5. The number of sulfonamides is 1. The Labute approximate surface area is 120 Å². The van der Waals surface area contributed by atoms with Gasteiger partial charge in [0.25, 0.3) is 10.0 Å². The standard InChI is InChI=1S/C13H10N2O5S/c16-8-9-6-10(7-14-12(9)13(17)18)15-21(19,20)11-4-2-1-3-5-11/h1-7,12,15H,(H,17,18). The molecule has 1 aromatic carbocycles. The number of hydrogen-bond donors (Lipinski definition) is 2. The van der Waals surface area contributed by atoms with E-state index in [0.717, 1.165) is 12.3 Å². The first kappa shape index (κ1) is 14.7. The van der Waals surface area contributed by atoms with Gasteiger partial charge in [-0.1, -0.05) is 18.2 Å².